The minimum atomic E-state index is -1.89. The molecule has 0 saturated carbocycles. The quantitative estimate of drug-likeness (QED) is 0.471. The molecule has 4 heteroatoms. The molecule has 0 aromatic rings. The highest BCUT2D eigenvalue weighted by atomic mass is 19.2. The Morgan fingerprint density at radius 2 is 1.38 bits per heavy atom. The van der Waals surface area contributed by atoms with Gasteiger partial charge in [0.05, 0.1) is 13.2 Å². The van der Waals surface area contributed by atoms with Crippen molar-refractivity contribution >= 4 is 0 Å². The third-order valence-corrected chi connectivity index (χ3v) is 0.844. The van der Waals surface area contributed by atoms with Crippen molar-refractivity contribution < 1.29 is 18.3 Å². The first kappa shape index (κ1) is 5.91. The van der Waals surface area contributed by atoms with Gasteiger partial charge < -0.3 is 9.47 Å². The van der Waals surface area contributed by atoms with E-state index in [0.29, 0.717) is 0 Å². The fourth-order valence-corrected chi connectivity index (χ4v) is 0.473. The molecule has 0 spiro atoms. The van der Waals surface area contributed by atoms with Crippen LogP contribution in [-0.4, -0.2) is 25.9 Å². The summed E-state index contributed by atoms with van der Waals surface area (Å²) in [5, 5.41) is 0. The SMILES string of the molecule is F[C@H]1OCCO[C@@H]1F. The molecule has 1 saturated heterocycles. The van der Waals surface area contributed by atoms with Crippen LogP contribution in [0.15, 0.2) is 0 Å². The van der Waals surface area contributed by atoms with Gasteiger partial charge in [-0.15, -0.1) is 0 Å². The molecule has 1 fully saturated rings. The first-order chi connectivity index (χ1) is 3.80. The van der Waals surface area contributed by atoms with Crippen LogP contribution in [0.5, 0.6) is 0 Å². The Bertz CT molecular complexity index is 68.4. The van der Waals surface area contributed by atoms with Gasteiger partial charge in [-0.3, -0.25) is 0 Å². The summed E-state index contributed by atoms with van der Waals surface area (Å²) in [6.07, 6.45) is -3.77. The lowest BCUT2D eigenvalue weighted by atomic mass is 10.6. The Morgan fingerprint density at radius 1 is 1.00 bits per heavy atom. The van der Waals surface area contributed by atoms with E-state index in [1.165, 1.54) is 0 Å². The van der Waals surface area contributed by atoms with Crippen LogP contribution in [-0.2, 0) is 9.47 Å². The van der Waals surface area contributed by atoms with E-state index < -0.39 is 12.7 Å². The predicted molar refractivity (Wildman–Crippen MR) is 21.7 cm³/mol. The van der Waals surface area contributed by atoms with E-state index in [1.54, 1.807) is 0 Å². The zero-order chi connectivity index (χ0) is 5.98. The number of alkyl halides is 2. The number of hydrogen-bond acceptors (Lipinski definition) is 2. The van der Waals surface area contributed by atoms with E-state index in [4.69, 9.17) is 0 Å². The molecule has 2 atom stereocenters. The van der Waals surface area contributed by atoms with Crippen LogP contribution in [0.25, 0.3) is 0 Å². The second kappa shape index (κ2) is 2.37. The van der Waals surface area contributed by atoms with Crippen molar-refractivity contribution in [1.82, 2.24) is 0 Å². The van der Waals surface area contributed by atoms with Gasteiger partial charge in [0, 0.05) is 0 Å². The third kappa shape index (κ3) is 1.14. The summed E-state index contributed by atoms with van der Waals surface area (Å²) < 4.78 is 32.2. The molecule has 0 aromatic carbocycles. The average molecular weight is 124 g/mol. The molecule has 8 heavy (non-hydrogen) atoms. The van der Waals surface area contributed by atoms with E-state index in [2.05, 4.69) is 9.47 Å². The van der Waals surface area contributed by atoms with Crippen molar-refractivity contribution in [3.8, 4) is 0 Å². The van der Waals surface area contributed by atoms with Gasteiger partial charge in [-0.1, -0.05) is 0 Å². The van der Waals surface area contributed by atoms with Gasteiger partial charge >= 0.3 is 0 Å². The Hall–Kier alpha value is -0.220. The Kier molecular flexibility index (Phi) is 1.75. The van der Waals surface area contributed by atoms with E-state index in [9.17, 15) is 8.78 Å². The molecule has 1 aliphatic rings. The fraction of sp³-hybridized carbons (Fsp3) is 1.00. The Morgan fingerprint density at radius 3 is 1.62 bits per heavy atom. The van der Waals surface area contributed by atoms with Crippen molar-refractivity contribution in [2.75, 3.05) is 13.2 Å². The van der Waals surface area contributed by atoms with Crippen molar-refractivity contribution in [1.29, 1.82) is 0 Å². The highest BCUT2D eigenvalue weighted by Gasteiger charge is 2.25. The maximum Gasteiger partial charge on any atom is 0.255 e. The molecule has 0 unspecified atom stereocenters. The molecule has 0 amide bonds. The van der Waals surface area contributed by atoms with E-state index >= 15 is 0 Å². The van der Waals surface area contributed by atoms with Crippen LogP contribution in [0.3, 0.4) is 0 Å². The van der Waals surface area contributed by atoms with Gasteiger partial charge in [0.1, 0.15) is 0 Å². The molecule has 0 N–H and O–H groups in total. The van der Waals surface area contributed by atoms with Crippen LogP contribution in [0, 0.1) is 0 Å². The molecular weight excluding hydrogens is 118 g/mol. The topological polar surface area (TPSA) is 18.5 Å². The minimum Gasteiger partial charge on any atom is -0.342 e. The third-order valence-electron chi connectivity index (χ3n) is 0.844. The highest BCUT2D eigenvalue weighted by Crippen LogP contribution is 2.11. The minimum absolute atomic E-state index is 0.140. The summed E-state index contributed by atoms with van der Waals surface area (Å²) in [6.45, 7) is 0.281. The average Bonchev–Trinajstić information content (AvgIpc) is 1.77. The molecule has 0 radical (unpaired) electrons. The van der Waals surface area contributed by atoms with Crippen molar-refractivity contribution in [2.45, 2.75) is 12.7 Å². The molecule has 1 heterocycles. The molecule has 0 bridgehead atoms. The number of hydrogen-bond donors (Lipinski definition) is 0. The Labute approximate surface area is 45.4 Å². The summed E-state index contributed by atoms with van der Waals surface area (Å²) in [5.74, 6) is 0. The van der Waals surface area contributed by atoms with E-state index in [-0.39, 0.29) is 13.2 Å². The number of ether oxygens (including phenoxy) is 2. The van der Waals surface area contributed by atoms with E-state index in [1.807, 2.05) is 0 Å². The molecule has 1 rings (SSSR count). The largest absolute Gasteiger partial charge is 0.342 e. The smallest absolute Gasteiger partial charge is 0.255 e. The van der Waals surface area contributed by atoms with Crippen LogP contribution in [0.2, 0.25) is 0 Å². The van der Waals surface area contributed by atoms with Crippen LogP contribution in [0.1, 0.15) is 0 Å². The lowest BCUT2D eigenvalue weighted by Gasteiger charge is -2.19. The summed E-state index contributed by atoms with van der Waals surface area (Å²) in [5.41, 5.74) is 0. The van der Waals surface area contributed by atoms with Crippen molar-refractivity contribution in [2.24, 2.45) is 0 Å². The molecule has 48 valence electrons. The van der Waals surface area contributed by atoms with Gasteiger partial charge in [0.2, 0.25) is 0 Å². The molecule has 1 aliphatic heterocycles. The van der Waals surface area contributed by atoms with Gasteiger partial charge in [0.15, 0.2) is 0 Å². The van der Waals surface area contributed by atoms with Gasteiger partial charge in [-0.05, 0) is 0 Å². The highest BCUT2D eigenvalue weighted by molar-refractivity contribution is 4.51. The lowest BCUT2D eigenvalue weighted by molar-refractivity contribution is -0.235. The summed E-state index contributed by atoms with van der Waals surface area (Å²) in [4.78, 5) is 0. The number of halogens is 2. The predicted octanol–water partition coefficient (Wildman–Crippen LogP) is 0.624. The van der Waals surface area contributed by atoms with Gasteiger partial charge in [-0.25, -0.2) is 8.78 Å². The molecular formula is C4H6F2O2. The van der Waals surface area contributed by atoms with E-state index in [0.717, 1.165) is 0 Å². The molecule has 0 aliphatic carbocycles. The van der Waals surface area contributed by atoms with Crippen LogP contribution in [0.4, 0.5) is 8.78 Å². The second-order valence-corrected chi connectivity index (χ2v) is 1.44. The van der Waals surface area contributed by atoms with Crippen molar-refractivity contribution in [3.63, 3.8) is 0 Å². The lowest BCUT2D eigenvalue weighted by Crippen LogP contribution is -2.31. The first-order valence-corrected chi connectivity index (χ1v) is 2.32. The normalized spacial score (nSPS) is 39.8. The summed E-state index contributed by atoms with van der Waals surface area (Å²) in [6, 6.07) is 0. The van der Waals surface area contributed by atoms with Crippen molar-refractivity contribution in [3.05, 3.63) is 0 Å². The zero-order valence-corrected chi connectivity index (χ0v) is 4.14. The van der Waals surface area contributed by atoms with Gasteiger partial charge in [-0.2, -0.15) is 0 Å². The van der Waals surface area contributed by atoms with Crippen LogP contribution < -0.4 is 0 Å². The number of rotatable bonds is 0. The zero-order valence-electron chi connectivity index (χ0n) is 4.14. The Balaban J connectivity index is 2.28. The van der Waals surface area contributed by atoms with Crippen LogP contribution >= 0.6 is 0 Å². The summed E-state index contributed by atoms with van der Waals surface area (Å²) in [7, 11) is 0. The maximum atomic E-state index is 11.9. The molecule has 0 aromatic heterocycles. The standard InChI is InChI=1S/C4H6F2O2/c5-3-4(6)8-2-1-7-3/h3-4H,1-2H2/t3-,4-/m0/s1. The maximum absolute atomic E-state index is 11.9. The molecule has 2 nitrogen and oxygen atoms in total. The summed E-state index contributed by atoms with van der Waals surface area (Å²) >= 11 is 0. The first-order valence-electron chi connectivity index (χ1n) is 2.32. The fourth-order valence-electron chi connectivity index (χ4n) is 0.473. The van der Waals surface area contributed by atoms with Gasteiger partial charge in [0.25, 0.3) is 12.7 Å². The monoisotopic (exact) mass is 124 g/mol. The second-order valence-electron chi connectivity index (χ2n) is 1.44.